The Balaban J connectivity index is 1.84. The lowest BCUT2D eigenvalue weighted by molar-refractivity contribution is 0.210. The number of nitrogens with zero attached hydrogens (tertiary/aromatic N) is 1. The largest absolute Gasteiger partial charge is 0.494 e. The predicted molar refractivity (Wildman–Crippen MR) is 93.9 cm³/mol. The number of halogens is 2. The summed E-state index contributed by atoms with van der Waals surface area (Å²) in [5.41, 5.74) is 1.66. The lowest BCUT2D eigenvalue weighted by atomic mass is 10.2. The Labute approximate surface area is 143 Å². The highest BCUT2D eigenvalue weighted by Crippen LogP contribution is 2.27. The second-order valence-electron chi connectivity index (χ2n) is 5.42. The van der Waals surface area contributed by atoms with Crippen molar-refractivity contribution in [3.05, 3.63) is 53.6 Å². The number of H-pyrrole nitrogens is 1. The van der Waals surface area contributed by atoms with E-state index in [2.05, 4.69) is 15.3 Å². The first-order valence-electron chi connectivity index (χ1n) is 7.65. The summed E-state index contributed by atoms with van der Waals surface area (Å²) >= 11 is 0. The first-order chi connectivity index (χ1) is 12.1. The first kappa shape index (κ1) is 16.9. The van der Waals surface area contributed by atoms with Gasteiger partial charge in [0.15, 0.2) is 5.88 Å². The van der Waals surface area contributed by atoms with Gasteiger partial charge in [0.05, 0.1) is 23.5 Å². The molecule has 0 fully saturated rings. The topological polar surface area (TPSA) is 69.6 Å². The van der Waals surface area contributed by atoms with Gasteiger partial charge in [-0.3, -0.25) is 4.99 Å². The van der Waals surface area contributed by atoms with Gasteiger partial charge in [-0.15, -0.1) is 0 Å². The zero-order valence-electron chi connectivity index (χ0n) is 13.5. The number of aromatic nitrogens is 1. The van der Waals surface area contributed by atoms with Crippen LogP contribution in [0.1, 0.15) is 5.56 Å². The molecule has 7 heteroatoms. The number of rotatable bonds is 6. The van der Waals surface area contributed by atoms with Crippen LogP contribution in [0.4, 0.5) is 20.2 Å². The molecule has 5 nitrogen and oxygen atoms in total. The van der Waals surface area contributed by atoms with Gasteiger partial charge < -0.3 is 20.1 Å². The fraction of sp³-hybridized carbons (Fsp3) is 0.167. The lowest BCUT2D eigenvalue weighted by Gasteiger charge is -2.07. The maximum atomic E-state index is 14.0. The van der Waals surface area contributed by atoms with E-state index in [1.165, 1.54) is 30.5 Å². The molecular formula is C18H17F2N3O2. The number of aromatic amines is 1. The minimum Gasteiger partial charge on any atom is -0.494 e. The zero-order chi connectivity index (χ0) is 17.8. The normalized spacial score (nSPS) is 11.5. The molecule has 0 amide bonds. The number of nitrogens with one attached hydrogen (secondary N) is 2. The summed E-state index contributed by atoms with van der Waals surface area (Å²) in [5, 5.41) is 13.4. The molecule has 0 aliphatic heterocycles. The van der Waals surface area contributed by atoms with Gasteiger partial charge in [0.1, 0.15) is 11.6 Å². The van der Waals surface area contributed by atoms with Crippen LogP contribution >= 0.6 is 0 Å². The van der Waals surface area contributed by atoms with Gasteiger partial charge in [0.2, 0.25) is 0 Å². The van der Waals surface area contributed by atoms with Gasteiger partial charge in [-0.2, -0.15) is 0 Å². The predicted octanol–water partition coefficient (Wildman–Crippen LogP) is 3.96. The summed E-state index contributed by atoms with van der Waals surface area (Å²) in [4.78, 5) is 6.91. The van der Waals surface area contributed by atoms with Crippen molar-refractivity contribution in [1.82, 2.24) is 4.98 Å². The molecule has 1 heterocycles. The SMILES string of the molecule is COCCNc1ccc(N=Cc2c(O)[nH]c3ccc(F)cc23)cc1F. The fourth-order valence-corrected chi connectivity index (χ4v) is 2.46. The molecule has 0 saturated carbocycles. The summed E-state index contributed by atoms with van der Waals surface area (Å²) in [6, 6.07) is 8.62. The molecule has 3 aromatic rings. The average molecular weight is 345 g/mol. The summed E-state index contributed by atoms with van der Waals surface area (Å²) in [5.74, 6) is -0.985. The molecule has 0 bridgehead atoms. The number of ether oxygens (including phenoxy) is 1. The van der Waals surface area contributed by atoms with Crippen molar-refractivity contribution in [1.29, 1.82) is 0 Å². The standard InChI is InChI=1S/C18H17F2N3O2/c1-25-7-6-21-17-5-3-12(9-15(17)20)22-10-14-13-8-11(19)2-4-16(13)23-18(14)24/h2-5,8-10,21,23-24H,6-7H2,1H3. The highest BCUT2D eigenvalue weighted by molar-refractivity contribution is 6.02. The van der Waals surface area contributed by atoms with E-state index in [0.717, 1.165) is 0 Å². The van der Waals surface area contributed by atoms with Gasteiger partial charge in [-0.1, -0.05) is 0 Å². The van der Waals surface area contributed by atoms with Crippen molar-refractivity contribution < 1.29 is 18.6 Å². The lowest BCUT2D eigenvalue weighted by Crippen LogP contribution is -2.08. The molecule has 0 atom stereocenters. The monoisotopic (exact) mass is 345 g/mol. The third-order valence-electron chi connectivity index (χ3n) is 3.70. The van der Waals surface area contributed by atoms with Gasteiger partial charge in [0.25, 0.3) is 0 Å². The Morgan fingerprint density at radius 1 is 1.24 bits per heavy atom. The van der Waals surface area contributed by atoms with E-state index in [1.807, 2.05) is 0 Å². The van der Waals surface area contributed by atoms with E-state index in [9.17, 15) is 13.9 Å². The maximum Gasteiger partial charge on any atom is 0.198 e. The number of hydrogen-bond donors (Lipinski definition) is 3. The molecule has 130 valence electrons. The van der Waals surface area contributed by atoms with Crippen LogP contribution in [0.15, 0.2) is 41.4 Å². The minimum atomic E-state index is -0.444. The Kier molecular flexibility index (Phi) is 4.95. The third-order valence-corrected chi connectivity index (χ3v) is 3.70. The van der Waals surface area contributed by atoms with Crippen LogP contribution in [0.5, 0.6) is 5.88 Å². The van der Waals surface area contributed by atoms with Crippen LogP contribution in [0, 0.1) is 11.6 Å². The molecule has 0 saturated heterocycles. The molecule has 0 radical (unpaired) electrons. The van der Waals surface area contributed by atoms with Gasteiger partial charge in [0, 0.05) is 36.8 Å². The molecule has 3 rings (SSSR count). The highest BCUT2D eigenvalue weighted by Gasteiger charge is 2.10. The van der Waals surface area contributed by atoms with Crippen LogP contribution in [0.2, 0.25) is 0 Å². The van der Waals surface area contributed by atoms with Crippen LogP contribution in [-0.2, 0) is 4.74 Å². The van der Waals surface area contributed by atoms with E-state index < -0.39 is 11.6 Å². The van der Waals surface area contributed by atoms with Gasteiger partial charge >= 0.3 is 0 Å². The number of benzene rings is 2. The minimum absolute atomic E-state index is 0.123. The fourth-order valence-electron chi connectivity index (χ4n) is 2.46. The Morgan fingerprint density at radius 2 is 2.08 bits per heavy atom. The molecule has 1 aromatic heterocycles. The van der Waals surface area contributed by atoms with Crippen LogP contribution in [0.25, 0.3) is 10.9 Å². The molecule has 3 N–H and O–H groups in total. The van der Waals surface area contributed by atoms with E-state index >= 15 is 0 Å². The van der Waals surface area contributed by atoms with Crippen molar-refractivity contribution >= 4 is 28.5 Å². The first-order valence-corrected chi connectivity index (χ1v) is 7.65. The molecule has 0 spiro atoms. The summed E-state index contributed by atoms with van der Waals surface area (Å²) in [6.07, 6.45) is 1.38. The number of methoxy groups -OCH3 is 1. The molecule has 0 aliphatic rings. The quantitative estimate of drug-likeness (QED) is 0.468. The second-order valence-corrected chi connectivity index (χ2v) is 5.42. The van der Waals surface area contributed by atoms with Crippen molar-refractivity contribution in [2.24, 2.45) is 4.99 Å². The number of hydrogen-bond acceptors (Lipinski definition) is 4. The number of aliphatic imine (C=N–C) groups is 1. The summed E-state index contributed by atoms with van der Waals surface area (Å²) in [6.45, 7) is 0.959. The van der Waals surface area contributed by atoms with E-state index in [4.69, 9.17) is 4.74 Å². The van der Waals surface area contributed by atoms with Gasteiger partial charge in [-0.05, 0) is 30.3 Å². The number of fused-ring (bicyclic) bond motifs is 1. The van der Waals surface area contributed by atoms with Crippen molar-refractivity contribution in [3.63, 3.8) is 0 Å². The van der Waals surface area contributed by atoms with E-state index in [0.29, 0.717) is 41.0 Å². The van der Waals surface area contributed by atoms with E-state index in [1.54, 1.807) is 19.2 Å². The molecule has 0 aliphatic carbocycles. The zero-order valence-corrected chi connectivity index (χ0v) is 13.5. The van der Waals surface area contributed by atoms with Crippen LogP contribution < -0.4 is 5.32 Å². The molecule has 0 unspecified atom stereocenters. The molecule has 25 heavy (non-hydrogen) atoms. The third kappa shape index (κ3) is 3.77. The van der Waals surface area contributed by atoms with Crippen LogP contribution in [-0.4, -0.2) is 36.6 Å². The average Bonchev–Trinajstić information content (AvgIpc) is 2.89. The molecular weight excluding hydrogens is 328 g/mol. The Bertz CT molecular complexity index is 922. The number of aromatic hydroxyl groups is 1. The number of anilines is 1. The molecule has 2 aromatic carbocycles. The smallest absolute Gasteiger partial charge is 0.198 e. The van der Waals surface area contributed by atoms with Crippen molar-refractivity contribution in [2.75, 3.05) is 25.6 Å². The maximum absolute atomic E-state index is 14.0. The van der Waals surface area contributed by atoms with Crippen LogP contribution in [0.3, 0.4) is 0 Å². The highest BCUT2D eigenvalue weighted by atomic mass is 19.1. The second kappa shape index (κ2) is 7.31. The van der Waals surface area contributed by atoms with Crippen molar-refractivity contribution in [3.8, 4) is 5.88 Å². The summed E-state index contributed by atoms with van der Waals surface area (Å²) < 4.78 is 32.4. The van der Waals surface area contributed by atoms with Crippen molar-refractivity contribution in [2.45, 2.75) is 0 Å². The Hall–Kier alpha value is -2.93. The summed E-state index contributed by atoms with van der Waals surface area (Å²) in [7, 11) is 1.57. The van der Waals surface area contributed by atoms with Gasteiger partial charge in [-0.25, -0.2) is 8.78 Å². The van der Waals surface area contributed by atoms with E-state index in [-0.39, 0.29) is 5.88 Å². The Morgan fingerprint density at radius 3 is 2.84 bits per heavy atom.